The molecular formula is C12H17ClN4O4. The number of amides is 2. The number of nitrogens with one attached hydrogen (secondary N) is 1. The van der Waals surface area contributed by atoms with Crippen molar-refractivity contribution >= 4 is 23.6 Å². The Labute approximate surface area is 127 Å². The molecule has 2 amide bonds. The number of alkyl halides is 1. The van der Waals surface area contributed by atoms with Crippen LogP contribution in [-0.4, -0.2) is 54.5 Å². The van der Waals surface area contributed by atoms with Crippen molar-refractivity contribution in [1.82, 2.24) is 15.2 Å². The number of ether oxygens (including phenoxy) is 1. The fourth-order valence-electron chi connectivity index (χ4n) is 1.57. The Kier molecular flexibility index (Phi) is 7.24. The van der Waals surface area contributed by atoms with Crippen molar-refractivity contribution in [3.63, 3.8) is 0 Å². The van der Waals surface area contributed by atoms with E-state index in [2.05, 4.69) is 10.6 Å². The van der Waals surface area contributed by atoms with Gasteiger partial charge in [0.15, 0.2) is 0 Å². The molecule has 21 heavy (non-hydrogen) atoms. The molecule has 1 aliphatic rings. The summed E-state index contributed by atoms with van der Waals surface area (Å²) >= 11 is 5.41. The summed E-state index contributed by atoms with van der Waals surface area (Å²) in [6, 6.07) is -0.679. The average Bonchev–Trinajstić information content (AvgIpc) is 2.48. The lowest BCUT2D eigenvalue weighted by atomic mass is 10.1. The van der Waals surface area contributed by atoms with Crippen LogP contribution in [0.1, 0.15) is 6.42 Å². The van der Waals surface area contributed by atoms with Gasteiger partial charge in [-0.25, -0.2) is 9.59 Å². The quantitative estimate of drug-likeness (QED) is 0.250. The maximum atomic E-state index is 11.7. The van der Waals surface area contributed by atoms with Crippen LogP contribution in [0.25, 0.3) is 0 Å². The summed E-state index contributed by atoms with van der Waals surface area (Å²) in [6.07, 6.45) is 5.88. The summed E-state index contributed by atoms with van der Waals surface area (Å²) in [4.78, 5) is 35.3. The summed E-state index contributed by atoms with van der Waals surface area (Å²) in [5, 5.41) is 5.59. The van der Waals surface area contributed by atoms with Gasteiger partial charge < -0.3 is 15.0 Å². The Balaban J connectivity index is 2.26. The highest BCUT2D eigenvalue weighted by atomic mass is 35.5. The molecule has 0 radical (unpaired) electrons. The standard InChI is InChI=1S/C12H17ClN4O4/c1-16-6-2-3-10(9-16)11(18)21-8-5-14-12(19)17(15-20)7-4-13/h2,6,9H,3-5,7-8H2,1H3,(H,14,19). The predicted octanol–water partition coefficient (Wildman–Crippen LogP) is 1.19. The van der Waals surface area contributed by atoms with E-state index in [1.54, 1.807) is 18.1 Å². The van der Waals surface area contributed by atoms with Crippen LogP contribution >= 0.6 is 11.6 Å². The number of nitrogens with zero attached hydrogens (tertiary/aromatic N) is 3. The topological polar surface area (TPSA) is 91.3 Å². The van der Waals surface area contributed by atoms with E-state index in [0.717, 1.165) is 0 Å². The zero-order valence-electron chi connectivity index (χ0n) is 11.6. The van der Waals surface area contributed by atoms with E-state index in [1.165, 1.54) is 0 Å². The minimum absolute atomic E-state index is 0.00289. The lowest BCUT2D eigenvalue weighted by Gasteiger charge is -2.16. The second-order valence-electron chi connectivity index (χ2n) is 4.17. The van der Waals surface area contributed by atoms with Gasteiger partial charge in [-0.1, -0.05) is 6.08 Å². The third-order valence-electron chi connectivity index (χ3n) is 2.54. The lowest BCUT2D eigenvalue weighted by Crippen LogP contribution is -2.39. The SMILES string of the molecule is CN1C=CCC(C(=O)OCCNC(=O)N(CCCl)N=O)=C1. The van der Waals surface area contributed by atoms with Crippen LogP contribution in [0.2, 0.25) is 0 Å². The minimum atomic E-state index is -0.679. The summed E-state index contributed by atoms with van der Waals surface area (Å²) < 4.78 is 5.02. The molecule has 116 valence electrons. The fourth-order valence-corrected chi connectivity index (χ4v) is 1.73. The van der Waals surface area contributed by atoms with Crippen molar-refractivity contribution in [1.29, 1.82) is 0 Å². The molecule has 0 aromatic heterocycles. The van der Waals surface area contributed by atoms with Crippen LogP contribution in [0, 0.1) is 4.91 Å². The van der Waals surface area contributed by atoms with Crippen molar-refractivity contribution in [2.24, 2.45) is 5.29 Å². The highest BCUT2D eigenvalue weighted by Crippen LogP contribution is 2.11. The summed E-state index contributed by atoms with van der Waals surface area (Å²) in [6.45, 7) is 0.100. The van der Waals surface area contributed by atoms with Crippen LogP contribution in [0.5, 0.6) is 0 Å². The summed E-state index contributed by atoms with van der Waals surface area (Å²) in [5.74, 6) is -0.338. The molecule has 1 aliphatic heterocycles. The van der Waals surface area contributed by atoms with Crippen LogP contribution in [-0.2, 0) is 9.53 Å². The lowest BCUT2D eigenvalue weighted by molar-refractivity contribution is -0.139. The van der Waals surface area contributed by atoms with Gasteiger partial charge in [0, 0.05) is 25.5 Å². The van der Waals surface area contributed by atoms with E-state index in [0.29, 0.717) is 17.0 Å². The number of urea groups is 1. The van der Waals surface area contributed by atoms with Gasteiger partial charge >= 0.3 is 12.0 Å². The fraction of sp³-hybridized carbons (Fsp3) is 0.500. The number of halogens is 1. The zero-order chi connectivity index (χ0) is 15.7. The monoisotopic (exact) mass is 316 g/mol. The van der Waals surface area contributed by atoms with Gasteiger partial charge in [0.25, 0.3) is 0 Å². The molecular weight excluding hydrogens is 300 g/mol. The highest BCUT2D eigenvalue weighted by molar-refractivity contribution is 6.18. The number of hydrogen-bond donors (Lipinski definition) is 1. The first-order valence-corrected chi connectivity index (χ1v) is 6.83. The molecule has 0 spiro atoms. The van der Waals surface area contributed by atoms with E-state index in [4.69, 9.17) is 16.3 Å². The van der Waals surface area contributed by atoms with Crippen molar-refractivity contribution in [3.05, 3.63) is 29.0 Å². The normalized spacial score (nSPS) is 13.4. The number of carbonyl (C=O) groups is 2. The molecule has 0 saturated carbocycles. The molecule has 0 aliphatic carbocycles. The molecule has 0 bridgehead atoms. The Morgan fingerprint density at radius 1 is 1.57 bits per heavy atom. The molecule has 1 rings (SSSR count). The molecule has 0 unspecified atom stereocenters. The van der Waals surface area contributed by atoms with E-state index in [1.807, 2.05) is 12.3 Å². The van der Waals surface area contributed by atoms with Crippen molar-refractivity contribution in [3.8, 4) is 0 Å². The zero-order valence-corrected chi connectivity index (χ0v) is 12.4. The summed E-state index contributed by atoms with van der Waals surface area (Å²) in [5.41, 5.74) is 0.532. The van der Waals surface area contributed by atoms with Crippen LogP contribution < -0.4 is 5.32 Å². The van der Waals surface area contributed by atoms with Gasteiger partial charge in [-0.15, -0.1) is 16.5 Å². The van der Waals surface area contributed by atoms with Gasteiger partial charge in [0.1, 0.15) is 6.61 Å². The van der Waals surface area contributed by atoms with E-state index in [9.17, 15) is 14.5 Å². The van der Waals surface area contributed by atoms with Gasteiger partial charge in [-0.05, 0) is 6.20 Å². The predicted molar refractivity (Wildman–Crippen MR) is 77.2 cm³/mol. The first kappa shape index (κ1) is 17.0. The maximum absolute atomic E-state index is 11.7. The smallest absolute Gasteiger partial charge is 0.340 e. The maximum Gasteiger partial charge on any atom is 0.340 e. The number of rotatable bonds is 7. The second kappa shape index (κ2) is 8.96. The number of esters is 1. The Morgan fingerprint density at radius 3 is 2.95 bits per heavy atom. The molecule has 8 nitrogen and oxygen atoms in total. The molecule has 1 N–H and O–H groups in total. The third-order valence-corrected chi connectivity index (χ3v) is 2.71. The Morgan fingerprint density at radius 2 is 2.33 bits per heavy atom. The minimum Gasteiger partial charge on any atom is -0.460 e. The van der Waals surface area contributed by atoms with E-state index in [-0.39, 0.29) is 25.6 Å². The number of nitroso groups, excluding NO2 is 1. The van der Waals surface area contributed by atoms with Crippen molar-refractivity contribution < 1.29 is 14.3 Å². The van der Waals surface area contributed by atoms with Gasteiger partial charge in [0.05, 0.1) is 23.9 Å². The van der Waals surface area contributed by atoms with E-state index < -0.39 is 12.0 Å². The second-order valence-corrected chi connectivity index (χ2v) is 4.55. The molecule has 0 aromatic carbocycles. The first-order valence-electron chi connectivity index (χ1n) is 6.29. The number of hydrogen-bond acceptors (Lipinski definition) is 6. The molecule has 0 atom stereocenters. The average molecular weight is 317 g/mol. The van der Waals surface area contributed by atoms with Crippen LogP contribution in [0.15, 0.2) is 29.3 Å². The highest BCUT2D eigenvalue weighted by Gasteiger charge is 2.15. The molecule has 0 fully saturated rings. The molecule has 0 aromatic rings. The number of allylic oxidation sites excluding steroid dienone is 1. The van der Waals surface area contributed by atoms with Gasteiger partial charge in [-0.2, -0.15) is 5.01 Å². The summed E-state index contributed by atoms with van der Waals surface area (Å²) in [7, 11) is 1.81. The van der Waals surface area contributed by atoms with Crippen molar-refractivity contribution in [2.45, 2.75) is 6.42 Å². The van der Waals surface area contributed by atoms with Gasteiger partial charge in [0.2, 0.25) is 0 Å². The molecule has 9 heteroatoms. The van der Waals surface area contributed by atoms with Crippen LogP contribution in [0.3, 0.4) is 0 Å². The van der Waals surface area contributed by atoms with Crippen molar-refractivity contribution in [2.75, 3.05) is 32.6 Å². The largest absolute Gasteiger partial charge is 0.460 e. The molecule has 0 saturated heterocycles. The Bertz CT molecular complexity index is 453. The first-order chi connectivity index (χ1) is 10.1. The molecule has 1 heterocycles. The van der Waals surface area contributed by atoms with Gasteiger partial charge in [-0.3, -0.25) is 0 Å². The number of carbonyl (C=O) groups excluding carboxylic acids is 2. The van der Waals surface area contributed by atoms with Crippen LogP contribution in [0.4, 0.5) is 4.79 Å². The third kappa shape index (κ3) is 5.82. The Hall–Kier alpha value is -2.09. The van der Waals surface area contributed by atoms with E-state index >= 15 is 0 Å².